The molecule has 0 fully saturated rings. The number of pyridine rings is 1. The van der Waals surface area contributed by atoms with Crippen molar-refractivity contribution in [3.8, 4) is 11.1 Å². The van der Waals surface area contributed by atoms with Crippen LogP contribution in [0.15, 0.2) is 61.1 Å². The minimum absolute atomic E-state index is 0.169. The van der Waals surface area contributed by atoms with Gasteiger partial charge in [0.25, 0.3) is 0 Å². The third-order valence-corrected chi connectivity index (χ3v) is 4.09. The van der Waals surface area contributed by atoms with E-state index in [1.165, 1.54) is 6.08 Å². The average molecular weight is 321 g/mol. The maximum atomic E-state index is 12.2. The number of aromatic nitrogens is 2. The lowest BCUT2D eigenvalue weighted by molar-refractivity contribution is -0.111. The Balaban J connectivity index is 1.78. The number of aryl methyl sites for hydroxylation is 1. The van der Waals surface area contributed by atoms with Crippen LogP contribution in [-0.4, -0.2) is 15.9 Å². The van der Waals surface area contributed by atoms with Crippen LogP contribution in [0.4, 0.5) is 5.69 Å². The van der Waals surface area contributed by atoms with Crippen LogP contribution < -0.4 is 5.32 Å². The van der Waals surface area contributed by atoms with E-state index in [1.807, 2.05) is 43.3 Å². The van der Waals surface area contributed by atoms with Crippen molar-refractivity contribution in [1.82, 2.24) is 9.97 Å². The number of benzene rings is 1. The summed E-state index contributed by atoms with van der Waals surface area (Å²) < 4.78 is 0. The van der Waals surface area contributed by atoms with Crippen LogP contribution >= 0.6 is 11.3 Å². The number of nitrogens with one attached hydrogen (secondary N) is 1. The van der Waals surface area contributed by atoms with Crippen LogP contribution in [0.25, 0.3) is 17.2 Å². The molecule has 3 rings (SSSR count). The summed E-state index contributed by atoms with van der Waals surface area (Å²) in [5, 5.41) is 3.90. The van der Waals surface area contributed by atoms with E-state index < -0.39 is 0 Å². The molecular weight excluding hydrogens is 306 g/mol. The maximum absolute atomic E-state index is 12.2. The van der Waals surface area contributed by atoms with Crippen LogP contribution in [0, 0.1) is 6.92 Å². The van der Waals surface area contributed by atoms with Gasteiger partial charge in [-0.1, -0.05) is 18.2 Å². The number of carbonyl (C=O) groups is 1. The van der Waals surface area contributed by atoms with Crippen molar-refractivity contribution < 1.29 is 4.79 Å². The molecule has 0 unspecified atom stereocenters. The summed E-state index contributed by atoms with van der Waals surface area (Å²) in [5.74, 6) is -0.169. The Bertz CT molecular complexity index is 840. The fraction of sp³-hybridized carbons (Fsp3) is 0.0556. The molecule has 0 aliphatic heterocycles. The van der Waals surface area contributed by atoms with Gasteiger partial charge in [-0.2, -0.15) is 0 Å². The molecule has 1 amide bonds. The molecule has 1 N–H and O–H groups in total. The van der Waals surface area contributed by atoms with Crippen LogP contribution in [0.3, 0.4) is 0 Å². The van der Waals surface area contributed by atoms with Crippen molar-refractivity contribution in [2.24, 2.45) is 0 Å². The molecule has 0 bridgehead atoms. The highest BCUT2D eigenvalue weighted by Crippen LogP contribution is 2.27. The number of anilines is 1. The fourth-order valence-corrected chi connectivity index (χ4v) is 2.85. The molecule has 0 radical (unpaired) electrons. The number of nitrogens with zero attached hydrogens (tertiary/aromatic N) is 2. The van der Waals surface area contributed by atoms with Crippen LogP contribution in [0.5, 0.6) is 0 Å². The lowest BCUT2D eigenvalue weighted by atomic mass is 10.1. The first kappa shape index (κ1) is 15.1. The van der Waals surface area contributed by atoms with Crippen molar-refractivity contribution in [3.63, 3.8) is 0 Å². The largest absolute Gasteiger partial charge is 0.322 e. The summed E-state index contributed by atoms with van der Waals surface area (Å²) in [7, 11) is 0. The highest BCUT2D eigenvalue weighted by atomic mass is 32.1. The van der Waals surface area contributed by atoms with Crippen molar-refractivity contribution >= 4 is 29.0 Å². The lowest BCUT2D eigenvalue weighted by Gasteiger charge is -2.09. The quantitative estimate of drug-likeness (QED) is 0.734. The molecule has 0 saturated carbocycles. The minimum atomic E-state index is -0.169. The molecule has 0 saturated heterocycles. The molecule has 3 aromatic rings. The van der Waals surface area contributed by atoms with E-state index in [-0.39, 0.29) is 5.91 Å². The Kier molecular flexibility index (Phi) is 4.59. The van der Waals surface area contributed by atoms with Crippen LogP contribution in [-0.2, 0) is 4.79 Å². The van der Waals surface area contributed by atoms with E-state index in [9.17, 15) is 4.79 Å². The number of hydrogen-bond donors (Lipinski definition) is 1. The van der Waals surface area contributed by atoms with E-state index in [1.54, 1.807) is 36.0 Å². The monoisotopic (exact) mass is 321 g/mol. The molecule has 2 heterocycles. The summed E-state index contributed by atoms with van der Waals surface area (Å²) in [6.45, 7) is 1.94. The fourth-order valence-electron chi connectivity index (χ4n) is 2.16. The van der Waals surface area contributed by atoms with Crippen molar-refractivity contribution in [1.29, 1.82) is 0 Å². The third-order valence-electron chi connectivity index (χ3n) is 3.21. The minimum Gasteiger partial charge on any atom is -0.322 e. The maximum Gasteiger partial charge on any atom is 0.248 e. The van der Waals surface area contributed by atoms with Gasteiger partial charge in [0, 0.05) is 40.8 Å². The van der Waals surface area contributed by atoms with Crippen molar-refractivity contribution in [2.45, 2.75) is 6.92 Å². The smallest absolute Gasteiger partial charge is 0.248 e. The van der Waals surface area contributed by atoms with Gasteiger partial charge in [0.2, 0.25) is 5.91 Å². The SMILES string of the molecule is Cc1ncc(/C=C/C(=O)Nc2ccccc2-c2ccncc2)s1. The van der Waals surface area contributed by atoms with E-state index in [4.69, 9.17) is 0 Å². The molecule has 5 heteroatoms. The van der Waals surface area contributed by atoms with Gasteiger partial charge in [0.05, 0.1) is 5.01 Å². The predicted octanol–water partition coefficient (Wildman–Crippen LogP) is 4.17. The summed E-state index contributed by atoms with van der Waals surface area (Å²) in [6.07, 6.45) is 8.53. The predicted molar refractivity (Wildman–Crippen MR) is 94.2 cm³/mol. The third kappa shape index (κ3) is 3.90. The van der Waals surface area contributed by atoms with Crippen LogP contribution in [0.1, 0.15) is 9.88 Å². The molecule has 2 aromatic heterocycles. The van der Waals surface area contributed by atoms with Gasteiger partial charge in [-0.3, -0.25) is 9.78 Å². The second kappa shape index (κ2) is 6.98. The van der Waals surface area contributed by atoms with Crippen molar-refractivity contribution in [2.75, 3.05) is 5.32 Å². The average Bonchev–Trinajstić information content (AvgIpc) is 3.00. The first-order valence-electron chi connectivity index (χ1n) is 7.13. The molecule has 114 valence electrons. The molecule has 0 spiro atoms. The zero-order valence-electron chi connectivity index (χ0n) is 12.6. The van der Waals surface area contributed by atoms with E-state index in [0.29, 0.717) is 0 Å². The van der Waals surface area contributed by atoms with Gasteiger partial charge in [-0.15, -0.1) is 11.3 Å². The normalized spacial score (nSPS) is 10.8. The highest BCUT2D eigenvalue weighted by molar-refractivity contribution is 7.12. The standard InChI is InChI=1S/C18H15N3OS/c1-13-20-12-15(23-13)6-7-18(22)21-17-5-3-2-4-16(17)14-8-10-19-11-9-14/h2-12H,1H3,(H,21,22)/b7-6+. The van der Waals surface area contributed by atoms with Crippen molar-refractivity contribution in [3.05, 3.63) is 70.9 Å². The molecular formula is C18H15N3OS. The van der Waals surface area contributed by atoms with Gasteiger partial charge in [0.1, 0.15) is 0 Å². The second-order valence-electron chi connectivity index (χ2n) is 4.89. The summed E-state index contributed by atoms with van der Waals surface area (Å²) in [6, 6.07) is 11.5. The first-order chi connectivity index (χ1) is 11.2. The Hall–Kier alpha value is -2.79. The summed E-state index contributed by atoms with van der Waals surface area (Å²) >= 11 is 1.55. The summed E-state index contributed by atoms with van der Waals surface area (Å²) in [5.41, 5.74) is 2.75. The van der Waals surface area contributed by atoms with Gasteiger partial charge in [-0.25, -0.2) is 4.98 Å². The summed E-state index contributed by atoms with van der Waals surface area (Å²) in [4.78, 5) is 21.3. The molecule has 0 atom stereocenters. The molecule has 0 aliphatic carbocycles. The number of para-hydroxylation sites is 1. The van der Waals surface area contributed by atoms with Gasteiger partial charge >= 0.3 is 0 Å². The number of rotatable bonds is 4. The Morgan fingerprint density at radius 1 is 1.17 bits per heavy atom. The van der Waals surface area contributed by atoms with Gasteiger partial charge < -0.3 is 5.32 Å². The van der Waals surface area contributed by atoms with E-state index in [2.05, 4.69) is 15.3 Å². The molecule has 1 aromatic carbocycles. The Morgan fingerprint density at radius 2 is 1.96 bits per heavy atom. The number of thiazole rings is 1. The van der Waals surface area contributed by atoms with E-state index >= 15 is 0 Å². The van der Waals surface area contributed by atoms with E-state index in [0.717, 1.165) is 26.7 Å². The van der Waals surface area contributed by atoms with Crippen LogP contribution in [0.2, 0.25) is 0 Å². The number of amides is 1. The molecule has 0 aliphatic rings. The molecule has 4 nitrogen and oxygen atoms in total. The topological polar surface area (TPSA) is 54.9 Å². The number of carbonyl (C=O) groups excluding carboxylic acids is 1. The zero-order chi connectivity index (χ0) is 16.1. The molecule has 23 heavy (non-hydrogen) atoms. The highest BCUT2D eigenvalue weighted by Gasteiger charge is 2.06. The number of hydrogen-bond acceptors (Lipinski definition) is 4. The van der Waals surface area contributed by atoms with Gasteiger partial charge in [0.15, 0.2) is 0 Å². The second-order valence-corrected chi connectivity index (χ2v) is 6.15. The zero-order valence-corrected chi connectivity index (χ0v) is 13.4. The Morgan fingerprint density at radius 3 is 2.70 bits per heavy atom. The Labute approximate surface area is 138 Å². The first-order valence-corrected chi connectivity index (χ1v) is 7.95. The van der Waals surface area contributed by atoms with Gasteiger partial charge in [-0.05, 0) is 36.8 Å². The lowest BCUT2D eigenvalue weighted by Crippen LogP contribution is -2.08.